The first-order valence-corrected chi connectivity index (χ1v) is 8.53. The molecule has 0 saturated heterocycles. The van der Waals surface area contributed by atoms with E-state index in [4.69, 9.17) is 21.1 Å². The quantitative estimate of drug-likeness (QED) is 0.247. The highest BCUT2D eigenvalue weighted by molar-refractivity contribution is 14.0. The maximum absolute atomic E-state index is 5.90. The third-order valence-electron chi connectivity index (χ3n) is 3.46. The molecular formula is C19H25ClIN3O2. The summed E-state index contributed by atoms with van der Waals surface area (Å²) in [6.45, 7) is 1.98. The summed E-state index contributed by atoms with van der Waals surface area (Å²) in [6, 6.07) is 15.5. The van der Waals surface area contributed by atoms with Gasteiger partial charge in [-0.2, -0.15) is 0 Å². The Kier molecular flexibility index (Phi) is 11.1. The van der Waals surface area contributed by atoms with Gasteiger partial charge in [0.25, 0.3) is 0 Å². The van der Waals surface area contributed by atoms with Gasteiger partial charge >= 0.3 is 0 Å². The van der Waals surface area contributed by atoms with Crippen molar-refractivity contribution in [1.29, 1.82) is 0 Å². The molecule has 0 aromatic heterocycles. The predicted molar refractivity (Wildman–Crippen MR) is 119 cm³/mol. The van der Waals surface area contributed by atoms with Gasteiger partial charge in [0.05, 0.1) is 6.61 Å². The van der Waals surface area contributed by atoms with Gasteiger partial charge in [0.15, 0.2) is 5.96 Å². The summed E-state index contributed by atoms with van der Waals surface area (Å²) in [7, 11) is 3.43. The molecule has 0 bridgehead atoms. The fourth-order valence-electron chi connectivity index (χ4n) is 2.16. The standard InChI is InChI=1S/C19H24ClN3O2.HI/c1-21-19(22-14-15-7-9-16(20)10-8-15)23-17-5-3-6-18(13-17)25-12-4-11-24-2;/h3,5-10,13H,4,11-12,14H2,1-2H3,(H2,21,22,23);1H. The normalized spacial score (nSPS) is 10.8. The highest BCUT2D eigenvalue weighted by Crippen LogP contribution is 2.17. The molecule has 2 N–H and O–H groups in total. The molecule has 0 saturated carbocycles. The van der Waals surface area contributed by atoms with Crippen molar-refractivity contribution in [2.45, 2.75) is 13.0 Å². The second-order valence-corrected chi connectivity index (χ2v) is 5.84. The molecule has 0 aliphatic rings. The summed E-state index contributed by atoms with van der Waals surface area (Å²) >= 11 is 5.90. The molecule has 2 rings (SSSR count). The minimum Gasteiger partial charge on any atom is -0.493 e. The minimum atomic E-state index is 0. The van der Waals surface area contributed by atoms with Gasteiger partial charge < -0.3 is 20.1 Å². The van der Waals surface area contributed by atoms with Crippen molar-refractivity contribution in [3.8, 4) is 5.75 Å². The molecule has 0 fully saturated rings. The Bertz CT molecular complexity index is 681. The van der Waals surface area contributed by atoms with Crippen LogP contribution < -0.4 is 15.4 Å². The van der Waals surface area contributed by atoms with Crippen molar-refractivity contribution in [1.82, 2.24) is 5.32 Å². The first-order valence-electron chi connectivity index (χ1n) is 8.15. The Morgan fingerprint density at radius 3 is 2.58 bits per heavy atom. The molecule has 0 spiro atoms. The molecule has 0 aliphatic heterocycles. The lowest BCUT2D eigenvalue weighted by Crippen LogP contribution is -2.30. The smallest absolute Gasteiger partial charge is 0.195 e. The molecule has 0 unspecified atom stereocenters. The third kappa shape index (κ3) is 8.25. The van der Waals surface area contributed by atoms with Crippen LogP contribution in [-0.2, 0) is 11.3 Å². The van der Waals surface area contributed by atoms with Gasteiger partial charge in [0, 0.05) is 50.5 Å². The van der Waals surface area contributed by atoms with Crippen LogP contribution in [0.25, 0.3) is 0 Å². The maximum Gasteiger partial charge on any atom is 0.195 e. The van der Waals surface area contributed by atoms with Gasteiger partial charge in [-0.05, 0) is 29.8 Å². The average Bonchev–Trinajstić information content (AvgIpc) is 2.64. The van der Waals surface area contributed by atoms with Crippen LogP contribution >= 0.6 is 35.6 Å². The Morgan fingerprint density at radius 2 is 1.88 bits per heavy atom. The monoisotopic (exact) mass is 489 g/mol. The van der Waals surface area contributed by atoms with E-state index in [1.165, 1.54) is 0 Å². The fourth-order valence-corrected chi connectivity index (χ4v) is 2.29. The summed E-state index contributed by atoms with van der Waals surface area (Å²) < 4.78 is 10.7. The van der Waals surface area contributed by atoms with E-state index in [-0.39, 0.29) is 24.0 Å². The zero-order valence-electron chi connectivity index (χ0n) is 15.0. The molecular weight excluding hydrogens is 465 g/mol. The number of aliphatic imine (C=N–C) groups is 1. The molecule has 7 heteroatoms. The van der Waals surface area contributed by atoms with E-state index in [0.717, 1.165) is 28.4 Å². The summed E-state index contributed by atoms with van der Waals surface area (Å²) in [6.07, 6.45) is 0.860. The van der Waals surface area contributed by atoms with E-state index >= 15 is 0 Å². The van der Waals surface area contributed by atoms with Crippen molar-refractivity contribution < 1.29 is 9.47 Å². The topological polar surface area (TPSA) is 54.9 Å². The van der Waals surface area contributed by atoms with Crippen LogP contribution in [0, 0.1) is 0 Å². The second kappa shape index (κ2) is 12.8. The SMILES string of the molecule is CN=C(NCc1ccc(Cl)cc1)Nc1cccc(OCCCOC)c1.I. The van der Waals surface area contributed by atoms with Crippen molar-refractivity contribution in [3.05, 3.63) is 59.1 Å². The van der Waals surface area contributed by atoms with E-state index < -0.39 is 0 Å². The number of hydrogen-bond donors (Lipinski definition) is 2. The highest BCUT2D eigenvalue weighted by atomic mass is 127. The van der Waals surface area contributed by atoms with Gasteiger partial charge in [-0.1, -0.05) is 29.8 Å². The van der Waals surface area contributed by atoms with Crippen LogP contribution in [0.5, 0.6) is 5.75 Å². The molecule has 0 heterocycles. The first kappa shape index (κ1) is 22.5. The molecule has 2 aromatic carbocycles. The van der Waals surface area contributed by atoms with E-state index in [2.05, 4.69) is 15.6 Å². The molecule has 0 aliphatic carbocycles. The fraction of sp³-hybridized carbons (Fsp3) is 0.316. The van der Waals surface area contributed by atoms with Gasteiger partial charge in [-0.3, -0.25) is 4.99 Å². The number of ether oxygens (including phenoxy) is 2. The van der Waals surface area contributed by atoms with Crippen molar-refractivity contribution in [2.75, 3.05) is 32.7 Å². The van der Waals surface area contributed by atoms with Crippen LogP contribution in [-0.4, -0.2) is 33.3 Å². The zero-order valence-corrected chi connectivity index (χ0v) is 18.1. The van der Waals surface area contributed by atoms with E-state index in [1.807, 2.05) is 48.5 Å². The Balaban J connectivity index is 0.00000338. The number of guanidine groups is 1. The third-order valence-corrected chi connectivity index (χ3v) is 3.71. The highest BCUT2D eigenvalue weighted by Gasteiger charge is 2.02. The first-order chi connectivity index (χ1) is 12.2. The molecule has 142 valence electrons. The minimum absolute atomic E-state index is 0. The lowest BCUT2D eigenvalue weighted by atomic mass is 10.2. The summed E-state index contributed by atoms with van der Waals surface area (Å²) in [5.41, 5.74) is 2.04. The lowest BCUT2D eigenvalue weighted by molar-refractivity contribution is 0.172. The van der Waals surface area contributed by atoms with Crippen LogP contribution in [0.2, 0.25) is 5.02 Å². The number of halogens is 2. The predicted octanol–water partition coefficient (Wildman–Crippen LogP) is 4.56. The zero-order chi connectivity index (χ0) is 17.9. The summed E-state index contributed by atoms with van der Waals surface area (Å²) in [5, 5.41) is 7.26. The number of anilines is 1. The molecule has 0 amide bonds. The molecule has 5 nitrogen and oxygen atoms in total. The Morgan fingerprint density at radius 1 is 1.12 bits per heavy atom. The summed E-state index contributed by atoms with van der Waals surface area (Å²) in [5.74, 6) is 1.50. The molecule has 0 atom stereocenters. The van der Waals surface area contributed by atoms with Crippen molar-refractivity contribution >= 4 is 47.2 Å². The number of rotatable bonds is 8. The Hall–Kier alpha value is -1.51. The van der Waals surface area contributed by atoms with Gasteiger partial charge in [0.1, 0.15) is 5.75 Å². The van der Waals surface area contributed by atoms with Crippen LogP contribution in [0.15, 0.2) is 53.5 Å². The van der Waals surface area contributed by atoms with Gasteiger partial charge in [-0.25, -0.2) is 0 Å². The average molecular weight is 490 g/mol. The van der Waals surface area contributed by atoms with Gasteiger partial charge in [-0.15, -0.1) is 24.0 Å². The number of benzene rings is 2. The van der Waals surface area contributed by atoms with E-state index in [0.29, 0.717) is 25.7 Å². The molecule has 2 aromatic rings. The van der Waals surface area contributed by atoms with Gasteiger partial charge in [0.2, 0.25) is 0 Å². The van der Waals surface area contributed by atoms with Crippen LogP contribution in [0.1, 0.15) is 12.0 Å². The second-order valence-electron chi connectivity index (χ2n) is 5.40. The van der Waals surface area contributed by atoms with Crippen LogP contribution in [0.3, 0.4) is 0 Å². The summed E-state index contributed by atoms with van der Waals surface area (Å²) in [4.78, 5) is 4.24. The number of methoxy groups -OCH3 is 1. The van der Waals surface area contributed by atoms with Crippen molar-refractivity contribution in [2.24, 2.45) is 4.99 Å². The molecule has 0 radical (unpaired) electrons. The van der Waals surface area contributed by atoms with E-state index in [9.17, 15) is 0 Å². The number of nitrogens with one attached hydrogen (secondary N) is 2. The van der Waals surface area contributed by atoms with Crippen LogP contribution in [0.4, 0.5) is 5.69 Å². The maximum atomic E-state index is 5.90. The Labute approximate surface area is 177 Å². The number of hydrogen-bond acceptors (Lipinski definition) is 3. The molecule has 26 heavy (non-hydrogen) atoms. The lowest BCUT2D eigenvalue weighted by Gasteiger charge is -2.13. The number of nitrogens with zero attached hydrogens (tertiary/aromatic N) is 1. The van der Waals surface area contributed by atoms with E-state index in [1.54, 1.807) is 14.2 Å². The largest absolute Gasteiger partial charge is 0.493 e. The van der Waals surface area contributed by atoms with Crippen molar-refractivity contribution in [3.63, 3.8) is 0 Å².